The van der Waals surface area contributed by atoms with Crippen LogP contribution < -0.4 is 11.1 Å². The Hall–Kier alpha value is -1.65. The molecule has 0 saturated carbocycles. The first-order valence-electron chi connectivity index (χ1n) is 6.27. The number of amides is 1. The Balaban J connectivity index is 1.91. The molecule has 0 aromatic heterocycles. The fourth-order valence-electron chi connectivity index (χ4n) is 2.15. The first-order valence-corrected chi connectivity index (χ1v) is 7.47. The van der Waals surface area contributed by atoms with Crippen molar-refractivity contribution in [3.05, 3.63) is 47.0 Å². The summed E-state index contributed by atoms with van der Waals surface area (Å²) in [7, 11) is 0. The number of benzene rings is 2. The van der Waals surface area contributed by atoms with Crippen molar-refractivity contribution in [3.63, 3.8) is 0 Å². The number of aryl methyl sites for hydroxylation is 1. The van der Waals surface area contributed by atoms with Crippen molar-refractivity contribution in [2.45, 2.75) is 22.6 Å². The number of anilines is 2. The van der Waals surface area contributed by atoms with Gasteiger partial charge in [0.05, 0.1) is 0 Å². The minimum absolute atomic E-state index is 0.0599. The Morgan fingerprint density at radius 3 is 2.65 bits per heavy atom. The summed E-state index contributed by atoms with van der Waals surface area (Å²) in [4.78, 5) is 13.5. The molecule has 2 aromatic rings. The standard InChI is InChI=1S/C15H13ClN2OS/c16-10-2-4-11(5-3-10)20-14-8-13-9(7-12(14)17)1-6-15(19)18-13/h2-5,7-8H,1,6,17H2,(H,18,19). The molecule has 1 amide bonds. The molecule has 3 N–H and O–H groups in total. The molecule has 0 fully saturated rings. The Morgan fingerprint density at radius 2 is 1.90 bits per heavy atom. The van der Waals surface area contributed by atoms with Gasteiger partial charge in [0.25, 0.3) is 0 Å². The number of fused-ring (bicyclic) bond motifs is 1. The highest BCUT2D eigenvalue weighted by Gasteiger charge is 2.17. The van der Waals surface area contributed by atoms with E-state index in [0.29, 0.717) is 11.4 Å². The van der Waals surface area contributed by atoms with Crippen LogP contribution in [0.5, 0.6) is 0 Å². The number of hydrogen-bond acceptors (Lipinski definition) is 3. The summed E-state index contributed by atoms with van der Waals surface area (Å²) in [5.74, 6) is 0.0599. The molecular weight excluding hydrogens is 292 g/mol. The van der Waals surface area contributed by atoms with Crippen molar-refractivity contribution in [2.24, 2.45) is 0 Å². The minimum atomic E-state index is 0.0599. The number of carbonyl (C=O) groups is 1. The second-order valence-electron chi connectivity index (χ2n) is 4.65. The number of halogens is 1. The second-order valence-corrected chi connectivity index (χ2v) is 6.20. The molecule has 20 heavy (non-hydrogen) atoms. The summed E-state index contributed by atoms with van der Waals surface area (Å²) < 4.78 is 0. The van der Waals surface area contributed by atoms with Crippen LogP contribution in [0, 0.1) is 0 Å². The van der Waals surface area contributed by atoms with E-state index in [9.17, 15) is 4.79 Å². The van der Waals surface area contributed by atoms with Crippen LogP contribution in [0.2, 0.25) is 5.02 Å². The van der Waals surface area contributed by atoms with Crippen LogP contribution >= 0.6 is 23.4 Å². The predicted molar refractivity (Wildman–Crippen MR) is 83.4 cm³/mol. The minimum Gasteiger partial charge on any atom is -0.398 e. The summed E-state index contributed by atoms with van der Waals surface area (Å²) in [5.41, 5.74) is 8.80. The van der Waals surface area contributed by atoms with Crippen LogP contribution in [0.1, 0.15) is 12.0 Å². The molecule has 0 atom stereocenters. The molecule has 0 radical (unpaired) electrons. The summed E-state index contributed by atoms with van der Waals surface area (Å²) in [6, 6.07) is 11.5. The zero-order valence-electron chi connectivity index (χ0n) is 10.7. The van der Waals surface area contributed by atoms with Crippen LogP contribution in [0.25, 0.3) is 0 Å². The predicted octanol–water partition coefficient (Wildman–Crippen LogP) is 3.96. The van der Waals surface area contributed by atoms with Crippen molar-refractivity contribution in [3.8, 4) is 0 Å². The summed E-state index contributed by atoms with van der Waals surface area (Å²) in [6.45, 7) is 0. The lowest BCUT2D eigenvalue weighted by atomic mass is 10.0. The second kappa shape index (κ2) is 5.38. The van der Waals surface area contributed by atoms with Gasteiger partial charge in [0.15, 0.2) is 0 Å². The normalized spacial score (nSPS) is 13.8. The molecule has 102 valence electrons. The van der Waals surface area contributed by atoms with Gasteiger partial charge in [-0.25, -0.2) is 0 Å². The Morgan fingerprint density at radius 1 is 1.15 bits per heavy atom. The third kappa shape index (κ3) is 2.76. The third-order valence-electron chi connectivity index (χ3n) is 3.17. The van der Waals surface area contributed by atoms with Crippen molar-refractivity contribution in [2.75, 3.05) is 11.1 Å². The van der Waals surface area contributed by atoms with Crippen molar-refractivity contribution < 1.29 is 4.79 Å². The Bertz CT molecular complexity index is 670. The summed E-state index contributed by atoms with van der Waals surface area (Å²) in [5, 5.41) is 3.60. The van der Waals surface area contributed by atoms with Gasteiger partial charge >= 0.3 is 0 Å². The molecule has 1 aliphatic rings. The fraction of sp³-hybridized carbons (Fsp3) is 0.133. The smallest absolute Gasteiger partial charge is 0.224 e. The van der Waals surface area contributed by atoms with Gasteiger partial charge in [-0.05, 0) is 48.4 Å². The number of hydrogen-bond donors (Lipinski definition) is 2. The van der Waals surface area contributed by atoms with E-state index < -0.39 is 0 Å². The third-order valence-corrected chi connectivity index (χ3v) is 4.51. The highest BCUT2D eigenvalue weighted by molar-refractivity contribution is 7.99. The van der Waals surface area contributed by atoms with Gasteiger partial charge in [-0.15, -0.1) is 0 Å². The van der Waals surface area contributed by atoms with E-state index in [1.54, 1.807) is 11.8 Å². The van der Waals surface area contributed by atoms with E-state index in [4.69, 9.17) is 17.3 Å². The molecule has 5 heteroatoms. The number of nitrogens with two attached hydrogens (primary N) is 1. The number of nitrogens with one attached hydrogen (secondary N) is 1. The number of nitrogen functional groups attached to an aromatic ring is 1. The zero-order valence-corrected chi connectivity index (χ0v) is 12.2. The SMILES string of the molecule is Nc1cc2c(cc1Sc1ccc(Cl)cc1)NC(=O)CC2. The van der Waals surface area contributed by atoms with Gasteiger partial charge in [-0.3, -0.25) is 4.79 Å². The maximum Gasteiger partial charge on any atom is 0.224 e. The van der Waals surface area contributed by atoms with Gasteiger partial charge in [0.1, 0.15) is 0 Å². The van der Waals surface area contributed by atoms with E-state index in [1.165, 1.54) is 0 Å². The van der Waals surface area contributed by atoms with E-state index >= 15 is 0 Å². The fourth-order valence-corrected chi connectivity index (χ4v) is 3.15. The Labute approximate surface area is 126 Å². The molecule has 0 aliphatic carbocycles. The van der Waals surface area contributed by atoms with Gasteiger partial charge in [0, 0.05) is 32.6 Å². The van der Waals surface area contributed by atoms with Crippen molar-refractivity contribution >= 4 is 40.6 Å². The van der Waals surface area contributed by atoms with Crippen LogP contribution in [0.4, 0.5) is 11.4 Å². The summed E-state index contributed by atoms with van der Waals surface area (Å²) in [6.07, 6.45) is 1.27. The quantitative estimate of drug-likeness (QED) is 0.826. The molecular formula is C15H13ClN2OS. The average molecular weight is 305 g/mol. The van der Waals surface area contributed by atoms with Gasteiger partial charge in [-0.1, -0.05) is 23.4 Å². The van der Waals surface area contributed by atoms with Crippen LogP contribution in [-0.2, 0) is 11.2 Å². The monoisotopic (exact) mass is 304 g/mol. The zero-order chi connectivity index (χ0) is 14.1. The first kappa shape index (κ1) is 13.3. The van der Waals surface area contributed by atoms with E-state index in [2.05, 4.69) is 5.32 Å². The van der Waals surface area contributed by atoms with Crippen LogP contribution in [0.3, 0.4) is 0 Å². The molecule has 0 unspecified atom stereocenters. The van der Waals surface area contributed by atoms with Gasteiger partial charge < -0.3 is 11.1 Å². The molecule has 0 saturated heterocycles. The molecule has 0 bridgehead atoms. The average Bonchev–Trinajstić information content (AvgIpc) is 2.42. The van der Waals surface area contributed by atoms with Crippen LogP contribution in [-0.4, -0.2) is 5.91 Å². The van der Waals surface area contributed by atoms with Crippen LogP contribution in [0.15, 0.2) is 46.2 Å². The van der Waals surface area contributed by atoms with E-state index in [0.717, 1.165) is 33.2 Å². The molecule has 3 nitrogen and oxygen atoms in total. The van der Waals surface area contributed by atoms with Crippen molar-refractivity contribution in [1.82, 2.24) is 0 Å². The molecule has 1 aliphatic heterocycles. The lowest BCUT2D eigenvalue weighted by Gasteiger charge is -2.19. The molecule has 1 heterocycles. The van der Waals surface area contributed by atoms with E-state index in [1.807, 2.05) is 36.4 Å². The maximum atomic E-state index is 11.5. The molecule has 2 aromatic carbocycles. The van der Waals surface area contributed by atoms with Crippen molar-refractivity contribution in [1.29, 1.82) is 0 Å². The van der Waals surface area contributed by atoms with E-state index in [-0.39, 0.29) is 5.91 Å². The molecule has 0 spiro atoms. The van der Waals surface area contributed by atoms with Gasteiger partial charge in [0.2, 0.25) is 5.91 Å². The van der Waals surface area contributed by atoms with Gasteiger partial charge in [-0.2, -0.15) is 0 Å². The lowest BCUT2D eigenvalue weighted by Crippen LogP contribution is -2.19. The highest BCUT2D eigenvalue weighted by Crippen LogP contribution is 2.37. The largest absolute Gasteiger partial charge is 0.398 e. The molecule has 3 rings (SSSR count). The number of carbonyl (C=O) groups excluding carboxylic acids is 1. The lowest BCUT2D eigenvalue weighted by molar-refractivity contribution is -0.116. The topological polar surface area (TPSA) is 55.1 Å². The first-order chi connectivity index (χ1) is 9.61. The summed E-state index contributed by atoms with van der Waals surface area (Å²) >= 11 is 7.44. The highest BCUT2D eigenvalue weighted by atomic mass is 35.5. The maximum absolute atomic E-state index is 11.5. The number of rotatable bonds is 2. The Kier molecular flexibility index (Phi) is 3.59.